The Morgan fingerprint density at radius 1 is 1.26 bits per heavy atom. The zero-order chi connectivity index (χ0) is 13.2. The molecule has 0 bridgehead atoms. The molecule has 1 aliphatic rings. The summed E-state index contributed by atoms with van der Waals surface area (Å²) in [5.74, 6) is 0.350. The van der Waals surface area contributed by atoms with E-state index < -0.39 is 0 Å². The molecule has 1 fully saturated rings. The first-order valence-electron chi connectivity index (χ1n) is 6.48. The summed E-state index contributed by atoms with van der Waals surface area (Å²) in [4.78, 5) is 22.8. The van der Waals surface area contributed by atoms with E-state index in [4.69, 9.17) is 9.15 Å². The van der Waals surface area contributed by atoms with Crippen molar-refractivity contribution in [3.63, 3.8) is 0 Å². The molecule has 1 aromatic heterocycles. The lowest BCUT2D eigenvalue weighted by Crippen LogP contribution is -2.22. The van der Waals surface area contributed by atoms with Crippen LogP contribution in [0.25, 0.3) is 10.3 Å². The minimum absolute atomic E-state index is 0.0209. The van der Waals surface area contributed by atoms with Crippen molar-refractivity contribution in [1.82, 2.24) is 0 Å². The van der Waals surface area contributed by atoms with Crippen LogP contribution in [0.4, 0.5) is 0 Å². The summed E-state index contributed by atoms with van der Waals surface area (Å²) in [5.41, 5.74) is 0.535. The minimum atomic E-state index is -0.342. The molecule has 1 aliphatic carbocycles. The highest BCUT2D eigenvalue weighted by Crippen LogP contribution is 2.27. The van der Waals surface area contributed by atoms with E-state index >= 15 is 0 Å². The third-order valence-corrected chi connectivity index (χ3v) is 4.25. The average Bonchev–Trinajstić information content (AvgIpc) is 2.79. The molecule has 0 spiro atoms. The van der Waals surface area contributed by atoms with Crippen molar-refractivity contribution in [1.29, 1.82) is 0 Å². The Kier molecular flexibility index (Phi) is 3.38. The van der Waals surface area contributed by atoms with Gasteiger partial charge in [0, 0.05) is 6.07 Å². The van der Waals surface area contributed by atoms with Crippen LogP contribution >= 0.6 is 11.3 Å². The average molecular weight is 278 g/mol. The molecule has 19 heavy (non-hydrogen) atoms. The van der Waals surface area contributed by atoms with Crippen molar-refractivity contribution < 1.29 is 13.9 Å². The zero-order valence-electron chi connectivity index (χ0n) is 10.4. The fourth-order valence-corrected chi connectivity index (χ4v) is 3.15. The van der Waals surface area contributed by atoms with Crippen molar-refractivity contribution in [2.45, 2.75) is 32.1 Å². The second-order valence-electron chi connectivity index (χ2n) is 4.82. The van der Waals surface area contributed by atoms with Crippen molar-refractivity contribution in [2.75, 3.05) is 0 Å². The summed E-state index contributed by atoms with van der Waals surface area (Å²) < 4.78 is 11.1. The van der Waals surface area contributed by atoms with Crippen molar-refractivity contribution in [3.05, 3.63) is 27.9 Å². The molecule has 0 atom stereocenters. The second-order valence-corrected chi connectivity index (χ2v) is 5.80. The van der Waals surface area contributed by atoms with Crippen LogP contribution in [0.3, 0.4) is 0 Å². The van der Waals surface area contributed by atoms with Crippen molar-refractivity contribution in [2.24, 2.45) is 5.92 Å². The van der Waals surface area contributed by atoms with Crippen molar-refractivity contribution in [3.8, 4) is 5.75 Å². The molecule has 1 heterocycles. The number of carbonyl (C=O) groups excluding carboxylic acids is 1. The lowest BCUT2D eigenvalue weighted by Gasteiger charge is -2.19. The van der Waals surface area contributed by atoms with E-state index in [2.05, 4.69) is 0 Å². The van der Waals surface area contributed by atoms with Crippen LogP contribution in [-0.2, 0) is 4.79 Å². The Hall–Kier alpha value is -1.62. The monoisotopic (exact) mass is 278 g/mol. The highest BCUT2D eigenvalue weighted by Gasteiger charge is 2.23. The summed E-state index contributed by atoms with van der Waals surface area (Å²) in [6.07, 6.45) is 5.24. The third-order valence-electron chi connectivity index (χ3n) is 3.46. The lowest BCUT2D eigenvalue weighted by molar-refractivity contribution is -0.139. The van der Waals surface area contributed by atoms with Crippen LogP contribution in [0.1, 0.15) is 32.1 Å². The van der Waals surface area contributed by atoms with Gasteiger partial charge in [-0.3, -0.25) is 4.79 Å². The predicted molar refractivity (Wildman–Crippen MR) is 72.6 cm³/mol. The van der Waals surface area contributed by atoms with E-state index in [0.717, 1.165) is 37.0 Å². The summed E-state index contributed by atoms with van der Waals surface area (Å²) in [6.45, 7) is 0. The van der Waals surface area contributed by atoms with Crippen molar-refractivity contribution >= 4 is 27.6 Å². The molecule has 0 amide bonds. The van der Waals surface area contributed by atoms with Gasteiger partial charge in [0.1, 0.15) is 11.3 Å². The molecule has 0 saturated heterocycles. The number of hydrogen-bond donors (Lipinski definition) is 0. The normalized spacial score (nSPS) is 16.6. The molecule has 4 nitrogen and oxygen atoms in total. The number of benzene rings is 1. The number of ether oxygens (including phenoxy) is 1. The van der Waals surface area contributed by atoms with Gasteiger partial charge in [-0.05, 0) is 25.0 Å². The first-order valence-corrected chi connectivity index (χ1v) is 7.29. The summed E-state index contributed by atoms with van der Waals surface area (Å²) in [6, 6.07) is 5.01. The molecule has 100 valence electrons. The standard InChI is InChI=1S/C14H14O4S/c15-13(9-4-2-1-3-5-9)17-10-6-7-11-12(8-10)19-14(16)18-11/h6-9H,1-5H2. The number of fused-ring (bicyclic) bond motifs is 1. The number of rotatable bonds is 2. The summed E-state index contributed by atoms with van der Waals surface area (Å²) in [5, 5.41) is 0. The minimum Gasteiger partial charge on any atom is -0.426 e. The van der Waals surface area contributed by atoms with E-state index in [0.29, 0.717) is 16.0 Å². The Balaban J connectivity index is 1.76. The Morgan fingerprint density at radius 2 is 2.05 bits per heavy atom. The Labute approximate surface area is 114 Å². The van der Waals surface area contributed by atoms with Gasteiger partial charge in [0.25, 0.3) is 0 Å². The van der Waals surface area contributed by atoms with Crippen LogP contribution in [0.5, 0.6) is 5.75 Å². The lowest BCUT2D eigenvalue weighted by atomic mass is 9.89. The van der Waals surface area contributed by atoms with Gasteiger partial charge in [0.15, 0.2) is 0 Å². The SMILES string of the molecule is O=C(Oc1ccc2oc(=O)sc2c1)C1CCCCC1. The molecular weight excluding hydrogens is 264 g/mol. The van der Waals surface area contributed by atoms with Crippen LogP contribution in [-0.4, -0.2) is 5.97 Å². The maximum Gasteiger partial charge on any atom is 0.396 e. The highest BCUT2D eigenvalue weighted by atomic mass is 32.1. The van der Waals surface area contributed by atoms with Crippen LogP contribution < -0.4 is 9.68 Å². The van der Waals surface area contributed by atoms with Gasteiger partial charge in [-0.15, -0.1) is 0 Å². The van der Waals surface area contributed by atoms with Crippen LogP contribution in [0.2, 0.25) is 0 Å². The second kappa shape index (κ2) is 5.17. The smallest absolute Gasteiger partial charge is 0.396 e. The molecule has 0 aliphatic heterocycles. The van der Waals surface area contributed by atoms with Gasteiger partial charge in [-0.25, -0.2) is 4.79 Å². The first-order chi connectivity index (χ1) is 9.22. The first kappa shape index (κ1) is 12.4. The van der Waals surface area contributed by atoms with Gasteiger partial charge in [0.05, 0.1) is 10.6 Å². The summed E-state index contributed by atoms with van der Waals surface area (Å²) in [7, 11) is 0. The predicted octanol–water partition coefficient (Wildman–Crippen LogP) is 3.34. The van der Waals surface area contributed by atoms with E-state index in [-0.39, 0.29) is 16.8 Å². The number of hydrogen-bond acceptors (Lipinski definition) is 5. The molecule has 5 heteroatoms. The zero-order valence-corrected chi connectivity index (χ0v) is 11.2. The van der Waals surface area contributed by atoms with Crippen LogP contribution in [0.15, 0.2) is 27.4 Å². The van der Waals surface area contributed by atoms with Crippen LogP contribution in [0, 0.1) is 5.92 Å². The molecule has 0 unspecified atom stereocenters. The maximum absolute atomic E-state index is 12.0. The molecular formula is C14H14O4S. The maximum atomic E-state index is 12.0. The topological polar surface area (TPSA) is 56.5 Å². The molecule has 1 aromatic carbocycles. The Morgan fingerprint density at radius 3 is 2.84 bits per heavy atom. The molecule has 0 radical (unpaired) electrons. The van der Waals surface area contributed by atoms with Gasteiger partial charge in [-0.1, -0.05) is 30.6 Å². The molecule has 0 N–H and O–H groups in total. The fourth-order valence-electron chi connectivity index (χ4n) is 2.45. The fraction of sp³-hybridized carbons (Fsp3) is 0.429. The van der Waals surface area contributed by atoms with Gasteiger partial charge in [0.2, 0.25) is 0 Å². The van der Waals surface area contributed by atoms with E-state index in [1.165, 1.54) is 6.42 Å². The number of carbonyl (C=O) groups is 1. The summed E-state index contributed by atoms with van der Waals surface area (Å²) >= 11 is 1.02. The highest BCUT2D eigenvalue weighted by molar-refractivity contribution is 7.16. The quantitative estimate of drug-likeness (QED) is 0.624. The number of esters is 1. The molecule has 3 rings (SSSR count). The molecule has 2 aromatic rings. The molecule has 1 saturated carbocycles. The third kappa shape index (κ3) is 2.71. The van der Waals surface area contributed by atoms with E-state index in [9.17, 15) is 9.59 Å². The Bertz CT molecular complexity index is 649. The largest absolute Gasteiger partial charge is 0.426 e. The van der Waals surface area contributed by atoms with E-state index in [1.807, 2.05) is 0 Å². The van der Waals surface area contributed by atoms with Gasteiger partial charge < -0.3 is 9.15 Å². The van der Waals surface area contributed by atoms with Gasteiger partial charge >= 0.3 is 10.9 Å². The van der Waals surface area contributed by atoms with Gasteiger partial charge in [-0.2, -0.15) is 0 Å². The van der Waals surface area contributed by atoms with E-state index in [1.54, 1.807) is 18.2 Å².